The van der Waals surface area contributed by atoms with Crippen molar-refractivity contribution in [3.63, 3.8) is 0 Å². The molecule has 0 aliphatic carbocycles. The number of rotatable bonds is 8. The first-order chi connectivity index (χ1) is 12.7. The predicted octanol–water partition coefficient (Wildman–Crippen LogP) is 3.82. The van der Waals surface area contributed by atoms with Crippen molar-refractivity contribution >= 4 is 44.8 Å². The number of hydrogen-bond donors (Lipinski definition) is 1. The van der Waals surface area contributed by atoms with Gasteiger partial charge in [0.1, 0.15) is 6.54 Å². The second-order valence-electron chi connectivity index (χ2n) is 6.20. The Morgan fingerprint density at radius 3 is 2.41 bits per heavy atom. The lowest BCUT2D eigenvalue weighted by molar-refractivity contribution is -0.119. The predicted molar refractivity (Wildman–Crippen MR) is 111 cm³/mol. The van der Waals surface area contributed by atoms with Gasteiger partial charge in [0, 0.05) is 16.6 Å². The highest BCUT2D eigenvalue weighted by molar-refractivity contribution is 7.92. The first-order valence-electron chi connectivity index (χ1n) is 8.43. The third kappa shape index (κ3) is 6.13. The van der Waals surface area contributed by atoms with Crippen LogP contribution in [0.25, 0.3) is 0 Å². The fourth-order valence-corrected chi connectivity index (χ4v) is 3.95. The first kappa shape index (κ1) is 21.5. The average molecular weight is 429 g/mol. The average Bonchev–Trinajstić information content (AvgIpc) is 2.60. The number of amides is 1. The van der Waals surface area contributed by atoms with Crippen molar-refractivity contribution in [3.05, 3.63) is 63.6 Å². The summed E-state index contributed by atoms with van der Waals surface area (Å²) >= 11 is 12.2. The highest BCUT2D eigenvalue weighted by Crippen LogP contribution is 2.28. The minimum absolute atomic E-state index is 0.299. The number of nitrogens with one attached hydrogen (secondary N) is 1. The Kier molecular flexibility index (Phi) is 7.53. The summed E-state index contributed by atoms with van der Waals surface area (Å²) in [4.78, 5) is 12.3. The summed E-state index contributed by atoms with van der Waals surface area (Å²) in [7, 11) is -3.64. The van der Waals surface area contributed by atoms with Crippen LogP contribution in [0.2, 0.25) is 10.0 Å². The largest absolute Gasteiger partial charge is 0.355 e. The normalized spacial score (nSPS) is 11.3. The molecule has 0 aliphatic rings. The minimum atomic E-state index is -3.64. The molecule has 0 aliphatic heterocycles. The zero-order valence-electron chi connectivity index (χ0n) is 15.2. The fraction of sp³-hybridized carbons (Fsp3) is 0.316. The minimum Gasteiger partial charge on any atom is -0.355 e. The third-order valence-corrected chi connectivity index (χ3v) is 6.00. The maximum atomic E-state index is 12.3. The molecule has 2 rings (SSSR count). The standard InChI is InChI=1S/C19H22Cl2N2O3S/c1-14-16(20)10-5-11-18(14)23(27(2,25)26)13-19(24)22-12-6-8-15-7-3-4-9-17(15)21/h3-5,7,9-11H,6,8,12-13H2,1-2H3,(H,22,24). The van der Waals surface area contributed by atoms with E-state index in [0.29, 0.717) is 34.3 Å². The molecule has 5 nitrogen and oxygen atoms in total. The van der Waals surface area contributed by atoms with Crippen molar-refractivity contribution in [2.24, 2.45) is 0 Å². The smallest absolute Gasteiger partial charge is 0.240 e. The lowest BCUT2D eigenvalue weighted by atomic mass is 10.1. The van der Waals surface area contributed by atoms with Crippen LogP contribution in [-0.2, 0) is 21.2 Å². The molecule has 0 spiro atoms. The molecule has 1 amide bonds. The molecule has 8 heteroatoms. The van der Waals surface area contributed by atoms with Gasteiger partial charge in [-0.2, -0.15) is 0 Å². The molecule has 0 aromatic heterocycles. The van der Waals surface area contributed by atoms with Gasteiger partial charge in [0.25, 0.3) is 0 Å². The van der Waals surface area contributed by atoms with E-state index in [2.05, 4.69) is 5.32 Å². The molecule has 0 bridgehead atoms. The highest BCUT2D eigenvalue weighted by atomic mass is 35.5. The molecular weight excluding hydrogens is 407 g/mol. The maximum Gasteiger partial charge on any atom is 0.240 e. The lowest BCUT2D eigenvalue weighted by Gasteiger charge is -2.24. The number of anilines is 1. The van der Waals surface area contributed by atoms with Crippen molar-refractivity contribution < 1.29 is 13.2 Å². The van der Waals surface area contributed by atoms with E-state index < -0.39 is 10.0 Å². The van der Waals surface area contributed by atoms with Crippen LogP contribution >= 0.6 is 23.2 Å². The van der Waals surface area contributed by atoms with E-state index in [1.165, 1.54) is 0 Å². The summed E-state index contributed by atoms with van der Waals surface area (Å²) in [6, 6.07) is 12.5. The van der Waals surface area contributed by atoms with Crippen LogP contribution in [0.1, 0.15) is 17.5 Å². The quantitative estimate of drug-likeness (QED) is 0.649. The first-order valence-corrected chi connectivity index (χ1v) is 11.0. The topological polar surface area (TPSA) is 66.5 Å². The second kappa shape index (κ2) is 9.44. The van der Waals surface area contributed by atoms with Crippen molar-refractivity contribution in [1.29, 1.82) is 0 Å². The molecule has 0 saturated heterocycles. The zero-order valence-corrected chi connectivity index (χ0v) is 17.5. The number of halogens is 2. The number of sulfonamides is 1. The zero-order chi connectivity index (χ0) is 20.0. The summed E-state index contributed by atoms with van der Waals surface area (Å²) in [6.07, 6.45) is 2.49. The van der Waals surface area contributed by atoms with Crippen LogP contribution in [0, 0.1) is 6.92 Å². The summed E-state index contributed by atoms with van der Waals surface area (Å²) in [5.74, 6) is -0.376. The number of nitrogens with zero attached hydrogens (tertiary/aromatic N) is 1. The van der Waals surface area contributed by atoms with E-state index in [9.17, 15) is 13.2 Å². The van der Waals surface area contributed by atoms with Crippen molar-refractivity contribution in [3.8, 4) is 0 Å². The molecule has 1 N–H and O–H groups in total. The van der Waals surface area contributed by atoms with E-state index >= 15 is 0 Å². The van der Waals surface area contributed by atoms with Gasteiger partial charge < -0.3 is 5.32 Å². The SMILES string of the molecule is Cc1c(Cl)cccc1N(CC(=O)NCCCc1ccccc1Cl)S(C)(=O)=O. The highest BCUT2D eigenvalue weighted by Gasteiger charge is 2.22. The van der Waals surface area contributed by atoms with E-state index in [1.54, 1.807) is 25.1 Å². The number of hydrogen-bond acceptors (Lipinski definition) is 3. The number of carbonyl (C=O) groups excluding carboxylic acids is 1. The summed E-state index contributed by atoms with van der Waals surface area (Å²) in [5, 5.41) is 3.90. The molecule has 27 heavy (non-hydrogen) atoms. The molecule has 2 aromatic rings. The second-order valence-corrected chi connectivity index (χ2v) is 8.92. The fourth-order valence-electron chi connectivity index (χ4n) is 2.64. The summed E-state index contributed by atoms with van der Waals surface area (Å²) in [6.45, 7) is 1.85. The van der Waals surface area contributed by atoms with E-state index in [1.807, 2.05) is 24.3 Å². The molecule has 0 heterocycles. The Balaban J connectivity index is 1.97. The van der Waals surface area contributed by atoms with E-state index in [-0.39, 0.29) is 12.5 Å². The molecule has 146 valence electrons. The van der Waals surface area contributed by atoms with Crippen LogP contribution in [0.5, 0.6) is 0 Å². The Labute approximate surface area is 170 Å². The van der Waals surface area contributed by atoms with Gasteiger partial charge in [0.2, 0.25) is 15.9 Å². The van der Waals surface area contributed by atoms with Gasteiger partial charge in [-0.15, -0.1) is 0 Å². The van der Waals surface area contributed by atoms with Gasteiger partial charge in [-0.05, 0) is 49.1 Å². The number of benzene rings is 2. The molecular formula is C19H22Cl2N2O3S. The van der Waals surface area contributed by atoms with Gasteiger partial charge in [-0.1, -0.05) is 47.5 Å². The summed E-state index contributed by atoms with van der Waals surface area (Å²) in [5.41, 5.74) is 2.02. The van der Waals surface area contributed by atoms with Crippen molar-refractivity contribution in [1.82, 2.24) is 5.32 Å². The number of aryl methyl sites for hydroxylation is 1. The van der Waals surface area contributed by atoms with E-state index in [0.717, 1.165) is 22.5 Å². The van der Waals surface area contributed by atoms with Crippen LogP contribution in [0.4, 0.5) is 5.69 Å². The molecule has 0 unspecified atom stereocenters. The lowest BCUT2D eigenvalue weighted by Crippen LogP contribution is -2.41. The maximum absolute atomic E-state index is 12.3. The van der Waals surface area contributed by atoms with Gasteiger partial charge >= 0.3 is 0 Å². The van der Waals surface area contributed by atoms with Crippen molar-refractivity contribution in [2.75, 3.05) is 23.7 Å². The molecule has 0 atom stereocenters. The van der Waals surface area contributed by atoms with Crippen LogP contribution in [0.3, 0.4) is 0 Å². The molecule has 0 radical (unpaired) electrons. The summed E-state index contributed by atoms with van der Waals surface area (Å²) < 4.78 is 25.4. The molecule has 2 aromatic carbocycles. The monoisotopic (exact) mass is 428 g/mol. The molecule has 0 saturated carbocycles. The van der Waals surface area contributed by atoms with Gasteiger partial charge in [-0.25, -0.2) is 8.42 Å². The van der Waals surface area contributed by atoms with Crippen molar-refractivity contribution in [2.45, 2.75) is 19.8 Å². The molecule has 0 fully saturated rings. The number of carbonyl (C=O) groups is 1. The van der Waals surface area contributed by atoms with Gasteiger partial charge in [0.15, 0.2) is 0 Å². The Hall–Kier alpha value is -1.76. The van der Waals surface area contributed by atoms with E-state index in [4.69, 9.17) is 23.2 Å². The Morgan fingerprint density at radius 2 is 1.74 bits per heavy atom. The Bertz CT molecular complexity index is 917. The van der Waals surface area contributed by atoms with Crippen LogP contribution < -0.4 is 9.62 Å². The van der Waals surface area contributed by atoms with Crippen LogP contribution in [0.15, 0.2) is 42.5 Å². The Morgan fingerprint density at radius 1 is 1.07 bits per heavy atom. The van der Waals surface area contributed by atoms with Crippen LogP contribution in [-0.4, -0.2) is 33.7 Å². The van der Waals surface area contributed by atoms with Gasteiger partial charge in [0.05, 0.1) is 11.9 Å². The van der Waals surface area contributed by atoms with Gasteiger partial charge in [-0.3, -0.25) is 9.10 Å². The third-order valence-electron chi connectivity index (χ3n) is 4.10.